The number of carbonyl (C=O) groups excluding carboxylic acids is 1. The maximum atomic E-state index is 12.5. The molecule has 1 aromatic heterocycles. The molecule has 144 valence electrons. The Morgan fingerprint density at radius 3 is 2.68 bits per heavy atom. The van der Waals surface area contributed by atoms with E-state index in [9.17, 15) is 13.6 Å². The summed E-state index contributed by atoms with van der Waals surface area (Å²) in [4.78, 5) is 20.4. The standard InChI is InChI=1S/C19H15F2N3O4/c1-26-16-9-12(5-6-15(16)28-19(20)21)18(25)24-13-3-2-4-14(10-13)27-17-11-22-7-8-23-17/h2-11,19H,1H3,(H,24,25). The normalized spacial score (nSPS) is 10.4. The van der Waals surface area contributed by atoms with Crippen molar-refractivity contribution in [2.45, 2.75) is 6.61 Å². The number of alkyl halides is 2. The Morgan fingerprint density at radius 2 is 1.96 bits per heavy atom. The van der Waals surface area contributed by atoms with E-state index in [0.717, 1.165) is 0 Å². The van der Waals surface area contributed by atoms with E-state index in [1.165, 1.54) is 43.9 Å². The highest BCUT2D eigenvalue weighted by atomic mass is 19.3. The molecule has 1 amide bonds. The molecule has 0 aliphatic heterocycles. The second-order valence-corrected chi connectivity index (χ2v) is 5.37. The Labute approximate surface area is 158 Å². The molecule has 3 rings (SSSR count). The molecule has 3 aromatic rings. The van der Waals surface area contributed by atoms with E-state index in [4.69, 9.17) is 9.47 Å². The zero-order valence-corrected chi connectivity index (χ0v) is 14.6. The Kier molecular flexibility index (Phi) is 5.95. The Morgan fingerprint density at radius 1 is 1.11 bits per heavy atom. The van der Waals surface area contributed by atoms with Crippen LogP contribution in [-0.2, 0) is 0 Å². The van der Waals surface area contributed by atoms with Crippen LogP contribution < -0.4 is 19.5 Å². The number of ether oxygens (including phenoxy) is 3. The molecule has 0 saturated heterocycles. The monoisotopic (exact) mass is 387 g/mol. The molecule has 0 atom stereocenters. The van der Waals surface area contributed by atoms with Gasteiger partial charge >= 0.3 is 6.61 Å². The lowest BCUT2D eigenvalue weighted by Crippen LogP contribution is -2.12. The summed E-state index contributed by atoms with van der Waals surface area (Å²) in [6.07, 6.45) is 4.48. The lowest BCUT2D eigenvalue weighted by Gasteiger charge is -2.12. The van der Waals surface area contributed by atoms with Crippen LogP contribution in [0.2, 0.25) is 0 Å². The lowest BCUT2D eigenvalue weighted by molar-refractivity contribution is -0.0512. The number of methoxy groups -OCH3 is 1. The van der Waals surface area contributed by atoms with Gasteiger partial charge < -0.3 is 19.5 Å². The van der Waals surface area contributed by atoms with E-state index in [0.29, 0.717) is 17.3 Å². The van der Waals surface area contributed by atoms with E-state index < -0.39 is 12.5 Å². The zero-order chi connectivity index (χ0) is 19.9. The first-order chi connectivity index (χ1) is 13.5. The molecule has 28 heavy (non-hydrogen) atoms. The first kappa shape index (κ1) is 19.0. The molecule has 0 spiro atoms. The second-order valence-electron chi connectivity index (χ2n) is 5.37. The van der Waals surface area contributed by atoms with Crippen molar-refractivity contribution in [2.24, 2.45) is 0 Å². The van der Waals surface area contributed by atoms with E-state index in [1.54, 1.807) is 24.3 Å². The first-order valence-corrected chi connectivity index (χ1v) is 8.03. The number of hydrogen-bond donors (Lipinski definition) is 1. The molecule has 0 fully saturated rings. The number of rotatable bonds is 7. The molecule has 7 nitrogen and oxygen atoms in total. The summed E-state index contributed by atoms with van der Waals surface area (Å²) in [5, 5.41) is 2.70. The summed E-state index contributed by atoms with van der Waals surface area (Å²) in [6.45, 7) is -2.99. The number of hydrogen-bond acceptors (Lipinski definition) is 6. The molecule has 0 aliphatic carbocycles. The number of nitrogens with one attached hydrogen (secondary N) is 1. The van der Waals surface area contributed by atoms with Gasteiger partial charge in [0.1, 0.15) is 5.75 Å². The van der Waals surface area contributed by atoms with Gasteiger partial charge in [-0.15, -0.1) is 0 Å². The molecule has 0 aliphatic rings. The third kappa shape index (κ3) is 4.91. The lowest BCUT2D eigenvalue weighted by atomic mass is 10.2. The molecular formula is C19H15F2N3O4. The predicted molar refractivity (Wildman–Crippen MR) is 96.1 cm³/mol. The van der Waals surface area contributed by atoms with Crippen molar-refractivity contribution in [3.8, 4) is 23.1 Å². The number of aromatic nitrogens is 2. The highest BCUT2D eigenvalue weighted by Gasteiger charge is 2.14. The number of halogens is 2. The molecule has 0 radical (unpaired) electrons. The van der Waals surface area contributed by atoms with Gasteiger partial charge in [0.15, 0.2) is 11.5 Å². The summed E-state index contributed by atoms with van der Waals surface area (Å²) in [5.74, 6) is 0.168. The van der Waals surface area contributed by atoms with Crippen LogP contribution in [0.4, 0.5) is 14.5 Å². The van der Waals surface area contributed by atoms with Gasteiger partial charge in [-0.1, -0.05) is 6.07 Å². The maximum absolute atomic E-state index is 12.5. The van der Waals surface area contributed by atoms with Gasteiger partial charge in [0.25, 0.3) is 5.91 Å². The average Bonchev–Trinajstić information content (AvgIpc) is 2.69. The van der Waals surface area contributed by atoms with Crippen molar-refractivity contribution in [3.63, 3.8) is 0 Å². The van der Waals surface area contributed by atoms with E-state index in [2.05, 4.69) is 20.0 Å². The second kappa shape index (κ2) is 8.76. The van der Waals surface area contributed by atoms with Gasteiger partial charge in [0, 0.05) is 29.7 Å². The third-order valence-electron chi connectivity index (χ3n) is 3.50. The minimum atomic E-state index is -2.99. The smallest absolute Gasteiger partial charge is 0.387 e. The van der Waals surface area contributed by atoms with Crippen LogP contribution in [0.1, 0.15) is 10.4 Å². The van der Waals surface area contributed by atoms with Crippen molar-refractivity contribution in [3.05, 3.63) is 66.6 Å². The fourth-order valence-electron chi connectivity index (χ4n) is 2.30. The van der Waals surface area contributed by atoms with Crippen molar-refractivity contribution in [2.75, 3.05) is 12.4 Å². The van der Waals surface area contributed by atoms with Gasteiger partial charge in [-0.3, -0.25) is 9.78 Å². The summed E-state index contributed by atoms with van der Waals surface area (Å²) in [6, 6.07) is 10.6. The van der Waals surface area contributed by atoms with E-state index >= 15 is 0 Å². The molecule has 0 bridgehead atoms. The van der Waals surface area contributed by atoms with Crippen LogP contribution in [0.25, 0.3) is 0 Å². The summed E-state index contributed by atoms with van der Waals surface area (Å²) in [5.41, 5.74) is 0.678. The van der Waals surface area contributed by atoms with Crippen molar-refractivity contribution < 1.29 is 27.8 Å². The minimum absolute atomic E-state index is 0.0210. The van der Waals surface area contributed by atoms with Crippen LogP contribution in [0, 0.1) is 0 Å². The van der Waals surface area contributed by atoms with E-state index in [1.807, 2.05) is 0 Å². The van der Waals surface area contributed by atoms with Gasteiger partial charge in [0.05, 0.1) is 13.3 Å². The van der Waals surface area contributed by atoms with Crippen LogP contribution in [0.3, 0.4) is 0 Å². The molecule has 0 saturated carbocycles. The third-order valence-corrected chi connectivity index (χ3v) is 3.50. The summed E-state index contributed by atoms with van der Waals surface area (Å²) in [7, 11) is 1.29. The largest absolute Gasteiger partial charge is 0.493 e. The number of carbonyl (C=O) groups is 1. The van der Waals surface area contributed by atoms with Gasteiger partial charge in [0.2, 0.25) is 5.88 Å². The zero-order valence-electron chi connectivity index (χ0n) is 14.6. The van der Waals surface area contributed by atoms with Gasteiger partial charge in [-0.25, -0.2) is 4.98 Å². The van der Waals surface area contributed by atoms with Crippen molar-refractivity contribution in [1.29, 1.82) is 0 Å². The van der Waals surface area contributed by atoms with E-state index in [-0.39, 0.29) is 17.1 Å². The number of nitrogens with zero attached hydrogens (tertiary/aromatic N) is 2. The number of amides is 1. The number of benzene rings is 2. The summed E-state index contributed by atoms with van der Waals surface area (Å²) >= 11 is 0. The van der Waals surface area contributed by atoms with Crippen LogP contribution in [-0.4, -0.2) is 29.6 Å². The molecule has 2 aromatic carbocycles. The fraction of sp³-hybridized carbons (Fsp3) is 0.105. The first-order valence-electron chi connectivity index (χ1n) is 8.03. The van der Waals surface area contributed by atoms with Gasteiger partial charge in [-0.05, 0) is 30.3 Å². The quantitative estimate of drug-likeness (QED) is 0.656. The topological polar surface area (TPSA) is 82.6 Å². The average molecular weight is 387 g/mol. The predicted octanol–water partition coefficient (Wildman–Crippen LogP) is 4.13. The molecule has 9 heteroatoms. The highest BCUT2D eigenvalue weighted by molar-refractivity contribution is 6.04. The fourth-order valence-corrected chi connectivity index (χ4v) is 2.30. The van der Waals surface area contributed by atoms with Crippen molar-refractivity contribution in [1.82, 2.24) is 9.97 Å². The minimum Gasteiger partial charge on any atom is -0.493 e. The van der Waals surface area contributed by atoms with Gasteiger partial charge in [-0.2, -0.15) is 8.78 Å². The van der Waals surface area contributed by atoms with Crippen LogP contribution >= 0.6 is 0 Å². The van der Waals surface area contributed by atoms with Crippen LogP contribution in [0.5, 0.6) is 23.1 Å². The highest BCUT2D eigenvalue weighted by Crippen LogP contribution is 2.30. The summed E-state index contributed by atoms with van der Waals surface area (Å²) < 4.78 is 39.7. The number of anilines is 1. The Bertz CT molecular complexity index is 955. The maximum Gasteiger partial charge on any atom is 0.387 e. The van der Waals surface area contributed by atoms with Crippen LogP contribution in [0.15, 0.2) is 61.1 Å². The molecule has 1 heterocycles. The van der Waals surface area contributed by atoms with Crippen molar-refractivity contribution >= 4 is 11.6 Å². The molecule has 0 unspecified atom stereocenters. The molecular weight excluding hydrogens is 372 g/mol. The Hall–Kier alpha value is -3.75. The Balaban J connectivity index is 1.73. The SMILES string of the molecule is COc1cc(C(=O)Nc2cccc(Oc3cnccn3)c2)ccc1OC(F)F. The molecule has 1 N–H and O–H groups in total.